The Morgan fingerprint density at radius 2 is 2.00 bits per heavy atom. The second-order valence-electron chi connectivity index (χ2n) is 3.84. The average molecular weight is 217 g/mol. The molecule has 1 saturated heterocycles. The molecule has 82 valence electrons. The number of methoxy groups -OCH3 is 1. The van der Waals surface area contributed by atoms with Gasteiger partial charge in [0.25, 0.3) is 0 Å². The molecule has 3 nitrogen and oxygen atoms in total. The number of carbonyl (C=O) groups is 1. The molecule has 1 amide bonds. The van der Waals surface area contributed by atoms with E-state index in [1.807, 2.05) is 11.8 Å². The van der Waals surface area contributed by atoms with Crippen molar-refractivity contribution in [3.63, 3.8) is 0 Å². The van der Waals surface area contributed by atoms with Gasteiger partial charge in [-0.25, -0.2) is 4.79 Å². The lowest BCUT2D eigenvalue weighted by atomic mass is 10.1. The first-order chi connectivity index (χ1) is 6.63. The highest BCUT2D eigenvalue weighted by Crippen LogP contribution is 2.26. The van der Waals surface area contributed by atoms with Gasteiger partial charge in [0.15, 0.2) is 0 Å². The van der Waals surface area contributed by atoms with Gasteiger partial charge in [-0.2, -0.15) is 11.8 Å². The Morgan fingerprint density at radius 3 is 2.43 bits per heavy atom. The van der Waals surface area contributed by atoms with Crippen LogP contribution in [0, 0.1) is 0 Å². The summed E-state index contributed by atoms with van der Waals surface area (Å²) in [4.78, 5) is 13.0. The number of likely N-dealkylation sites (tertiary alicyclic amines) is 1. The maximum atomic E-state index is 11.2. The number of amides is 1. The monoisotopic (exact) mass is 217 g/mol. The number of piperidine rings is 1. The van der Waals surface area contributed by atoms with Crippen molar-refractivity contribution in [3.05, 3.63) is 0 Å². The minimum atomic E-state index is -0.182. The van der Waals surface area contributed by atoms with Crippen LogP contribution >= 0.6 is 11.8 Å². The quantitative estimate of drug-likeness (QED) is 0.711. The molecule has 4 heteroatoms. The van der Waals surface area contributed by atoms with Crippen molar-refractivity contribution in [1.29, 1.82) is 0 Å². The highest BCUT2D eigenvalue weighted by molar-refractivity contribution is 8.00. The van der Waals surface area contributed by atoms with Gasteiger partial charge in [-0.1, -0.05) is 13.8 Å². The predicted octanol–water partition coefficient (Wildman–Crippen LogP) is 2.36. The van der Waals surface area contributed by atoms with Crippen molar-refractivity contribution < 1.29 is 9.53 Å². The molecule has 0 unspecified atom stereocenters. The van der Waals surface area contributed by atoms with Crippen molar-refractivity contribution in [1.82, 2.24) is 4.90 Å². The number of rotatable bonds is 2. The maximum absolute atomic E-state index is 11.2. The van der Waals surface area contributed by atoms with Crippen LogP contribution in [0.5, 0.6) is 0 Å². The number of hydrogen-bond donors (Lipinski definition) is 0. The molecule has 14 heavy (non-hydrogen) atoms. The van der Waals surface area contributed by atoms with Crippen LogP contribution in [0.15, 0.2) is 0 Å². The summed E-state index contributed by atoms with van der Waals surface area (Å²) < 4.78 is 4.69. The third kappa shape index (κ3) is 3.40. The zero-order chi connectivity index (χ0) is 10.6. The SMILES string of the molecule is COC(=O)N1CCC(SC(C)C)CC1. The average Bonchev–Trinajstić information content (AvgIpc) is 2.17. The Balaban J connectivity index is 2.27. The van der Waals surface area contributed by atoms with Crippen LogP contribution < -0.4 is 0 Å². The molecule has 1 aliphatic heterocycles. The van der Waals surface area contributed by atoms with Crippen molar-refractivity contribution in [2.24, 2.45) is 0 Å². The molecule has 0 radical (unpaired) electrons. The first-order valence-electron chi connectivity index (χ1n) is 5.12. The van der Waals surface area contributed by atoms with E-state index in [0.29, 0.717) is 5.25 Å². The topological polar surface area (TPSA) is 29.5 Å². The number of ether oxygens (including phenoxy) is 1. The van der Waals surface area contributed by atoms with Gasteiger partial charge in [0, 0.05) is 18.3 Å². The van der Waals surface area contributed by atoms with Gasteiger partial charge >= 0.3 is 6.09 Å². The van der Waals surface area contributed by atoms with Crippen molar-refractivity contribution in [3.8, 4) is 0 Å². The number of thioether (sulfide) groups is 1. The largest absolute Gasteiger partial charge is 0.453 e. The number of hydrogen-bond acceptors (Lipinski definition) is 3. The summed E-state index contributed by atoms with van der Waals surface area (Å²) >= 11 is 2.02. The summed E-state index contributed by atoms with van der Waals surface area (Å²) in [6.07, 6.45) is 2.01. The molecule has 1 heterocycles. The van der Waals surface area contributed by atoms with Gasteiger partial charge in [0.1, 0.15) is 0 Å². The van der Waals surface area contributed by atoms with Crippen molar-refractivity contribution >= 4 is 17.9 Å². The summed E-state index contributed by atoms with van der Waals surface area (Å²) in [5.41, 5.74) is 0. The second kappa shape index (κ2) is 5.49. The smallest absolute Gasteiger partial charge is 0.409 e. The van der Waals surface area contributed by atoms with E-state index in [0.717, 1.165) is 31.2 Å². The Labute approximate surface area is 90.2 Å². The Morgan fingerprint density at radius 1 is 1.43 bits per heavy atom. The van der Waals surface area contributed by atoms with E-state index in [9.17, 15) is 4.79 Å². The van der Waals surface area contributed by atoms with Gasteiger partial charge in [-0.05, 0) is 18.1 Å². The van der Waals surface area contributed by atoms with Gasteiger partial charge in [0.05, 0.1) is 7.11 Å². The van der Waals surface area contributed by atoms with Gasteiger partial charge in [-0.15, -0.1) is 0 Å². The first kappa shape index (κ1) is 11.7. The minimum Gasteiger partial charge on any atom is -0.453 e. The van der Waals surface area contributed by atoms with E-state index in [2.05, 4.69) is 18.6 Å². The van der Waals surface area contributed by atoms with Crippen LogP contribution in [0.25, 0.3) is 0 Å². The van der Waals surface area contributed by atoms with E-state index < -0.39 is 0 Å². The van der Waals surface area contributed by atoms with Gasteiger partial charge in [0.2, 0.25) is 0 Å². The first-order valence-corrected chi connectivity index (χ1v) is 6.06. The Bertz CT molecular complexity index is 189. The molecule has 0 N–H and O–H groups in total. The lowest BCUT2D eigenvalue weighted by Gasteiger charge is -2.31. The zero-order valence-electron chi connectivity index (χ0n) is 9.16. The van der Waals surface area contributed by atoms with Crippen molar-refractivity contribution in [2.75, 3.05) is 20.2 Å². The van der Waals surface area contributed by atoms with Crippen LogP contribution in [-0.2, 0) is 4.74 Å². The highest BCUT2D eigenvalue weighted by atomic mass is 32.2. The van der Waals surface area contributed by atoms with Crippen LogP contribution in [0.2, 0.25) is 0 Å². The normalized spacial score (nSPS) is 18.7. The summed E-state index contributed by atoms with van der Waals surface area (Å²) in [7, 11) is 1.44. The van der Waals surface area contributed by atoms with Crippen LogP contribution in [0.1, 0.15) is 26.7 Å². The second-order valence-corrected chi connectivity index (χ2v) is 5.72. The molecular weight excluding hydrogens is 198 g/mol. The van der Waals surface area contributed by atoms with Gasteiger partial charge in [-0.3, -0.25) is 0 Å². The molecule has 0 spiro atoms. The molecule has 0 atom stereocenters. The maximum Gasteiger partial charge on any atom is 0.409 e. The number of carbonyl (C=O) groups excluding carboxylic acids is 1. The molecule has 1 aliphatic rings. The minimum absolute atomic E-state index is 0.182. The third-order valence-electron chi connectivity index (χ3n) is 2.34. The van der Waals surface area contributed by atoms with Crippen LogP contribution in [0.4, 0.5) is 4.79 Å². The molecule has 0 aromatic heterocycles. The number of nitrogens with zero attached hydrogens (tertiary/aromatic N) is 1. The molecule has 0 saturated carbocycles. The Hall–Kier alpha value is -0.380. The fourth-order valence-corrected chi connectivity index (χ4v) is 2.94. The van der Waals surface area contributed by atoms with E-state index in [4.69, 9.17) is 0 Å². The van der Waals surface area contributed by atoms with Gasteiger partial charge < -0.3 is 9.64 Å². The van der Waals surface area contributed by atoms with Crippen molar-refractivity contribution in [2.45, 2.75) is 37.2 Å². The summed E-state index contributed by atoms with van der Waals surface area (Å²) in [6, 6.07) is 0. The third-order valence-corrected chi connectivity index (χ3v) is 3.74. The highest BCUT2D eigenvalue weighted by Gasteiger charge is 2.23. The summed E-state index contributed by atoms with van der Waals surface area (Å²) in [6.45, 7) is 6.13. The lowest BCUT2D eigenvalue weighted by molar-refractivity contribution is 0.116. The van der Waals surface area contributed by atoms with Crippen LogP contribution in [-0.4, -0.2) is 41.7 Å². The van der Waals surface area contributed by atoms with E-state index in [-0.39, 0.29) is 6.09 Å². The van der Waals surface area contributed by atoms with E-state index in [1.165, 1.54) is 7.11 Å². The summed E-state index contributed by atoms with van der Waals surface area (Å²) in [5.74, 6) is 0. The fourth-order valence-electron chi connectivity index (χ4n) is 1.69. The molecule has 0 bridgehead atoms. The lowest BCUT2D eigenvalue weighted by Crippen LogP contribution is -2.39. The fraction of sp³-hybridized carbons (Fsp3) is 0.900. The Kier molecular flexibility index (Phi) is 4.58. The van der Waals surface area contributed by atoms with E-state index >= 15 is 0 Å². The van der Waals surface area contributed by atoms with E-state index in [1.54, 1.807) is 4.90 Å². The molecule has 0 aromatic rings. The summed E-state index contributed by atoms with van der Waals surface area (Å²) in [5, 5.41) is 1.40. The molecule has 1 fully saturated rings. The molecule has 0 aromatic carbocycles. The molecule has 1 rings (SSSR count). The standard InChI is InChI=1S/C10H19NO2S/c1-8(2)14-9-4-6-11(7-5-9)10(12)13-3/h8-9H,4-7H2,1-3H3. The zero-order valence-corrected chi connectivity index (χ0v) is 9.97. The molecular formula is C10H19NO2S. The molecule has 0 aliphatic carbocycles. The van der Waals surface area contributed by atoms with Crippen LogP contribution in [0.3, 0.4) is 0 Å². The predicted molar refractivity (Wildman–Crippen MR) is 59.7 cm³/mol.